The minimum atomic E-state index is -0.0305. The highest BCUT2D eigenvalue weighted by Gasteiger charge is 2.07. The Morgan fingerprint density at radius 3 is 3.07 bits per heavy atom. The minimum absolute atomic E-state index is 0.0305. The molecule has 0 radical (unpaired) electrons. The number of aryl methyl sites for hydroxylation is 1. The van der Waals surface area contributed by atoms with Crippen LogP contribution in [0.2, 0.25) is 0 Å². The molecule has 0 fully saturated rings. The molecule has 0 aromatic carbocycles. The van der Waals surface area contributed by atoms with Gasteiger partial charge >= 0.3 is 0 Å². The third-order valence-corrected chi connectivity index (χ3v) is 2.28. The molecule has 1 aromatic heterocycles. The van der Waals surface area contributed by atoms with Gasteiger partial charge in [-0.2, -0.15) is 0 Å². The van der Waals surface area contributed by atoms with Gasteiger partial charge in [0.05, 0.1) is 25.8 Å². The van der Waals surface area contributed by atoms with E-state index in [9.17, 15) is 0 Å². The van der Waals surface area contributed by atoms with Gasteiger partial charge < -0.3 is 19.7 Å². The first-order valence-corrected chi connectivity index (χ1v) is 5.15. The summed E-state index contributed by atoms with van der Waals surface area (Å²) in [4.78, 5) is 4.23. The van der Waals surface area contributed by atoms with Gasteiger partial charge in [0.1, 0.15) is 5.82 Å². The number of nitrogens with zero attached hydrogens (tertiary/aromatic N) is 2. The Morgan fingerprint density at radius 2 is 2.47 bits per heavy atom. The van der Waals surface area contributed by atoms with E-state index in [2.05, 4.69) is 21.8 Å². The van der Waals surface area contributed by atoms with Crippen LogP contribution in [0.15, 0.2) is 12.4 Å². The first kappa shape index (κ1) is 12.2. The Hall–Kier alpha value is -0.910. The third kappa shape index (κ3) is 3.62. The van der Waals surface area contributed by atoms with Crippen molar-refractivity contribution in [1.82, 2.24) is 14.9 Å². The van der Waals surface area contributed by atoms with Crippen molar-refractivity contribution < 1.29 is 9.84 Å². The molecule has 0 spiro atoms. The van der Waals surface area contributed by atoms with E-state index in [0.717, 1.165) is 12.4 Å². The minimum Gasteiger partial charge on any atom is -0.395 e. The molecule has 86 valence electrons. The average Bonchev–Trinajstić information content (AvgIpc) is 2.71. The third-order valence-electron chi connectivity index (χ3n) is 2.28. The van der Waals surface area contributed by atoms with Gasteiger partial charge in [0, 0.05) is 26.0 Å². The zero-order valence-corrected chi connectivity index (χ0v) is 9.31. The van der Waals surface area contributed by atoms with Gasteiger partial charge in [-0.3, -0.25) is 0 Å². The number of hydrogen-bond donors (Lipinski definition) is 2. The lowest BCUT2D eigenvalue weighted by molar-refractivity contribution is 0.127. The highest BCUT2D eigenvalue weighted by Crippen LogP contribution is 1.97. The van der Waals surface area contributed by atoms with Crippen LogP contribution in [0.5, 0.6) is 0 Å². The summed E-state index contributed by atoms with van der Waals surface area (Å²) in [5.74, 6) is 0.979. The van der Waals surface area contributed by atoms with E-state index in [1.165, 1.54) is 0 Å². The largest absolute Gasteiger partial charge is 0.395 e. The predicted molar refractivity (Wildman–Crippen MR) is 57.5 cm³/mol. The fourth-order valence-electron chi connectivity index (χ4n) is 1.41. The van der Waals surface area contributed by atoms with Crippen molar-refractivity contribution >= 4 is 0 Å². The highest BCUT2D eigenvalue weighted by molar-refractivity contribution is 4.92. The summed E-state index contributed by atoms with van der Waals surface area (Å²) in [7, 11) is 1.62. The lowest BCUT2D eigenvalue weighted by Gasteiger charge is -2.15. The summed E-state index contributed by atoms with van der Waals surface area (Å²) in [5.41, 5.74) is 0. The number of methoxy groups -OCH3 is 1. The molecule has 1 heterocycles. The second kappa shape index (κ2) is 6.55. The molecule has 15 heavy (non-hydrogen) atoms. The summed E-state index contributed by atoms with van der Waals surface area (Å²) >= 11 is 0. The van der Waals surface area contributed by atoms with Crippen LogP contribution >= 0.6 is 0 Å². The fourth-order valence-corrected chi connectivity index (χ4v) is 1.41. The normalized spacial score (nSPS) is 13.0. The molecule has 0 bridgehead atoms. The van der Waals surface area contributed by atoms with Crippen molar-refractivity contribution in [3.8, 4) is 0 Å². The quantitative estimate of drug-likeness (QED) is 0.669. The van der Waals surface area contributed by atoms with Crippen molar-refractivity contribution in [2.75, 3.05) is 20.3 Å². The second-order valence-electron chi connectivity index (χ2n) is 3.35. The molecule has 0 aliphatic heterocycles. The number of aliphatic hydroxyl groups excluding tert-OH is 1. The molecule has 0 saturated carbocycles. The highest BCUT2D eigenvalue weighted by atomic mass is 16.5. The zero-order valence-electron chi connectivity index (χ0n) is 9.31. The number of rotatable bonds is 7. The summed E-state index contributed by atoms with van der Waals surface area (Å²) in [6.45, 7) is 4.20. The van der Waals surface area contributed by atoms with Crippen molar-refractivity contribution in [2.45, 2.75) is 26.1 Å². The smallest absolute Gasteiger partial charge is 0.122 e. The standard InChI is InChI=1S/C10H19N3O2/c1-3-13-5-4-11-10(13)6-12-9(7-14)8-15-2/h4-5,9,12,14H,3,6-8H2,1-2H3. The number of nitrogens with one attached hydrogen (secondary N) is 1. The molecule has 0 amide bonds. The van der Waals surface area contributed by atoms with Crippen molar-refractivity contribution in [3.05, 3.63) is 18.2 Å². The van der Waals surface area contributed by atoms with Gasteiger partial charge in [0.25, 0.3) is 0 Å². The molecule has 1 aromatic rings. The number of hydrogen-bond acceptors (Lipinski definition) is 4. The van der Waals surface area contributed by atoms with Crippen LogP contribution in [-0.4, -0.2) is 41.0 Å². The summed E-state index contributed by atoms with van der Waals surface area (Å²) in [6.07, 6.45) is 3.73. The number of ether oxygens (including phenoxy) is 1. The van der Waals surface area contributed by atoms with Crippen LogP contribution in [0, 0.1) is 0 Å². The topological polar surface area (TPSA) is 59.3 Å². The van der Waals surface area contributed by atoms with Crippen LogP contribution in [0.25, 0.3) is 0 Å². The van der Waals surface area contributed by atoms with E-state index in [0.29, 0.717) is 13.2 Å². The molecular formula is C10H19N3O2. The molecule has 0 aliphatic carbocycles. The van der Waals surface area contributed by atoms with Crippen LogP contribution in [-0.2, 0) is 17.8 Å². The van der Waals surface area contributed by atoms with Crippen LogP contribution in [0.3, 0.4) is 0 Å². The monoisotopic (exact) mass is 213 g/mol. The van der Waals surface area contributed by atoms with E-state index in [4.69, 9.17) is 9.84 Å². The summed E-state index contributed by atoms with van der Waals surface area (Å²) in [6, 6.07) is -0.0305. The zero-order chi connectivity index (χ0) is 11.1. The Kier molecular flexibility index (Phi) is 5.31. The Balaban J connectivity index is 2.41. The lowest BCUT2D eigenvalue weighted by atomic mass is 10.3. The lowest BCUT2D eigenvalue weighted by Crippen LogP contribution is -2.36. The Bertz CT molecular complexity index is 275. The number of aliphatic hydroxyl groups is 1. The van der Waals surface area contributed by atoms with E-state index in [-0.39, 0.29) is 12.6 Å². The molecule has 5 nitrogen and oxygen atoms in total. The van der Waals surface area contributed by atoms with Crippen LogP contribution in [0.1, 0.15) is 12.7 Å². The van der Waals surface area contributed by atoms with Crippen LogP contribution < -0.4 is 5.32 Å². The average molecular weight is 213 g/mol. The maximum Gasteiger partial charge on any atom is 0.122 e. The molecule has 2 N–H and O–H groups in total. The number of aromatic nitrogens is 2. The van der Waals surface area contributed by atoms with Gasteiger partial charge in [-0.15, -0.1) is 0 Å². The van der Waals surface area contributed by atoms with Gasteiger partial charge in [-0.1, -0.05) is 0 Å². The first-order chi connectivity index (χ1) is 7.31. The molecule has 0 aliphatic rings. The Morgan fingerprint density at radius 1 is 1.67 bits per heavy atom. The molecule has 1 atom stereocenters. The molecule has 5 heteroatoms. The maximum atomic E-state index is 9.04. The second-order valence-corrected chi connectivity index (χ2v) is 3.35. The first-order valence-electron chi connectivity index (χ1n) is 5.15. The molecular weight excluding hydrogens is 194 g/mol. The Labute approximate surface area is 90.1 Å². The van der Waals surface area contributed by atoms with Gasteiger partial charge in [0.15, 0.2) is 0 Å². The molecule has 1 rings (SSSR count). The van der Waals surface area contributed by atoms with Gasteiger partial charge in [0.2, 0.25) is 0 Å². The van der Waals surface area contributed by atoms with E-state index < -0.39 is 0 Å². The van der Waals surface area contributed by atoms with Crippen molar-refractivity contribution in [3.63, 3.8) is 0 Å². The summed E-state index contributed by atoms with van der Waals surface area (Å²) in [5, 5.41) is 12.2. The molecule has 1 unspecified atom stereocenters. The predicted octanol–water partition coefficient (Wildman–Crippen LogP) is -0.000100. The number of imidazole rings is 1. The summed E-state index contributed by atoms with van der Waals surface area (Å²) < 4.78 is 7.04. The molecule has 0 saturated heterocycles. The van der Waals surface area contributed by atoms with Crippen LogP contribution in [0.4, 0.5) is 0 Å². The SMILES string of the molecule is CCn1ccnc1CNC(CO)COC. The van der Waals surface area contributed by atoms with Gasteiger partial charge in [-0.05, 0) is 6.92 Å². The van der Waals surface area contributed by atoms with Crippen molar-refractivity contribution in [1.29, 1.82) is 0 Å². The fraction of sp³-hybridized carbons (Fsp3) is 0.700. The van der Waals surface area contributed by atoms with Gasteiger partial charge in [-0.25, -0.2) is 4.98 Å². The van der Waals surface area contributed by atoms with E-state index in [1.54, 1.807) is 13.3 Å². The van der Waals surface area contributed by atoms with E-state index >= 15 is 0 Å². The maximum absolute atomic E-state index is 9.04. The van der Waals surface area contributed by atoms with Crippen molar-refractivity contribution in [2.24, 2.45) is 0 Å². The van der Waals surface area contributed by atoms with E-state index in [1.807, 2.05) is 6.20 Å².